The SMILES string of the molecule is ClCCC1SC=Cc2ccccc21. The molecule has 1 unspecified atom stereocenters. The summed E-state index contributed by atoms with van der Waals surface area (Å²) in [6.07, 6.45) is 3.22. The van der Waals surface area contributed by atoms with Crippen LogP contribution in [-0.2, 0) is 0 Å². The number of thioether (sulfide) groups is 1. The molecule has 0 N–H and O–H groups in total. The minimum absolute atomic E-state index is 0.554. The molecule has 2 heteroatoms. The fourth-order valence-corrected chi connectivity index (χ4v) is 2.94. The van der Waals surface area contributed by atoms with Crippen molar-refractivity contribution >= 4 is 29.4 Å². The first kappa shape index (κ1) is 9.17. The number of hydrogen-bond acceptors (Lipinski definition) is 1. The molecule has 0 radical (unpaired) electrons. The Kier molecular flexibility index (Phi) is 2.97. The number of halogens is 1. The molecule has 1 aliphatic rings. The van der Waals surface area contributed by atoms with Crippen molar-refractivity contribution in [2.24, 2.45) is 0 Å². The maximum absolute atomic E-state index is 5.76. The fraction of sp³-hybridized carbons (Fsp3) is 0.273. The lowest BCUT2D eigenvalue weighted by Gasteiger charge is -2.19. The van der Waals surface area contributed by atoms with Crippen LogP contribution in [0, 0.1) is 0 Å². The second kappa shape index (κ2) is 4.21. The molecular formula is C11H11ClS. The third-order valence-electron chi connectivity index (χ3n) is 2.20. The Balaban J connectivity index is 2.32. The molecule has 0 fully saturated rings. The van der Waals surface area contributed by atoms with Crippen molar-refractivity contribution in [2.45, 2.75) is 11.7 Å². The van der Waals surface area contributed by atoms with E-state index >= 15 is 0 Å². The van der Waals surface area contributed by atoms with E-state index in [1.165, 1.54) is 11.1 Å². The Morgan fingerprint density at radius 3 is 3.00 bits per heavy atom. The van der Waals surface area contributed by atoms with Gasteiger partial charge in [0, 0.05) is 11.1 Å². The van der Waals surface area contributed by atoms with Crippen molar-refractivity contribution in [1.29, 1.82) is 0 Å². The Morgan fingerprint density at radius 1 is 1.31 bits per heavy atom. The minimum Gasteiger partial charge on any atom is -0.127 e. The minimum atomic E-state index is 0.554. The van der Waals surface area contributed by atoms with E-state index in [1.54, 1.807) is 0 Å². The topological polar surface area (TPSA) is 0 Å². The zero-order chi connectivity index (χ0) is 9.10. The van der Waals surface area contributed by atoms with Crippen molar-refractivity contribution in [3.63, 3.8) is 0 Å². The third kappa shape index (κ3) is 1.92. The van der Waals surface area contributed by atoms with Crippen LogP contribution in [0.4, 0.5) is 0 Å². The molecule has 2 rings (SSSR count). The van der Waals surface area contributed by atoms with E-state index in [9.17, 15) is 0 Å². The van der Waals surface area contributed by atoms with Crippen molar-refractivity contribution in [1.82, 2.24) is 0 Å². The van der Waals surface area contributed by atoms with Crippen molar-refractivity contribution in [2.75, 3.05) is 5.88 Å². The second-order valence-corrected chi connectivity index (χ2v) is 4.53. The third-order valence-corrected chi connectivity index (χ3v) is 3.53. The van der Waals surface area contributed by atoms with Crippen LogP contribution in [0.15, 0.2) is 29.7 Å². The normalized spacial score (nSPS) is 19.9. The van der Waals surface area contributed by atoms with Gasteiger partial charge in [-0.2, -0.15) is 0 Å². The smallest absolute Gasteiger partial charge is 0.0355 e. The molecule has 1 aromatic carbocycles. The molecule has 0 aliphatic carbocycles. The second-order valence-electron chi connectivity index (χ2n) is 3.03. The predicted molar refractivity (Wildman–Crippen MR) is 61.1 cm³/mol. The maximum Gasteiger partial charge on any atom is 0.0355 e. The maximum atomic E-state index is 5.76. The number of rotatable bonds is 2. The molecule has 1 heterocycles. The van der Waals surface area contributed by atoms with Gasteiger partial charge in [-0.1, -0.05) is 24.3 Å². The van der Waals surface area contributed by atoms with Gasteiger partial charge in [0.15, 0.2) is 0 Å². The van der Waals surface area contributed by atoms with Gasteiger partial charge >= 0.3 is 0 Å². The van der Waals surface area contributed by atoms with E-state index < -0.39 is 0 Å². The van der Waals surface area contributed by atoms with Gasteiger partial charge < -0.3 is 0 Å². The monoisotopic (exact) mass is 210 g/mol. The Hall–Kier alpha value is -0.400. The van der Waals surface area contributed by atoms with E-state index in [-0.39, 0.29) is 0 Å². The fourth-order valence-electron chi connectivity index (χ4n) is 1.56. The average molecular weight is 211 g/mol. The van der Waals surface area contributed by atoms with Crippen LogP contribution in [0.2, 0.25) is 0 Å². The molecule has 0 nitrogen and oxygen atoms in total. The number of alkyl halides is 1. The molecule has 0 aromatic heterocycles. The highest BCUT2D eigenvalue weighted by Gasteiger charge is 2.15. The van der Waals surface area contributed by atoms with Crippen LogP contribution < -0.4 is 0 Å². The molecule has 68 valence electrons. The zero-order valence-corrected chi connectivity index (χ0v) is 8.81. The van der Waals surface area contributed by atoms with Crippen LogP contribution in [0.25, 0.3) is 6.08 Å². The lowest BCUT2D eigenvalue weighted by molar-refractivity contribution is 0.901. The van der Waals surface area contributed by atoms with Gasteiger partial charge in [-0.15, -0.1) is 23.4 Å². The summed E-state index contributed by atoms with van der Waals surface area (Å²) >= 11 is 7.63. The van der Waals surface area contributed by atoms with Crippen LogP contribution in [0.5, 0.6) is 0 Å². The average Bonchev–Trinajstić information content (AvgIpc) is 2.19. The van der Waals surface area contributed by atoms with Crippen LogP contribution in [0.1, 0.15) is 22.8 Å². The van der Waals surface area contributed by atoms with Crippen molar-refractivity contribution in [3.05, 3.63) is 40.8 Å². The van der Waals surface area contributed by atoms with Gasteiger partial charge in [0.25, 0.3) is 0 Å². The largest absolute Gasteiger partial charge is 0.127 e. The van der Waals surface area contributed by atoms with Gasteiger partial charge in [0.05, 0.1) is 0 Å². The lowest BCUT2D eigenvalue weighted by atomic mass is 10.0. The first-order chi connectivity index (χ1) is 6.42. The zero-order valence-electron chi connectivity index (χ0n) is 7.24. The molecule has 1 aromatic rings. The quantitative estimate of drug-likeness (QED) is 0.663. The number of fused-ring (bicyclic) bond motifs is 1. The van der Waals surface area contributed by atoms with E-state index in [1.807, 2.05) is 11.8 Å². The van der Waals surface area contributed by atoms with E-state index in [2.05, 4.69) is 35.7 Å². The standard InChI is InChI=1S/C11H11ClS/c12-7-5-11-10-4-2-1-3-9(10)6-8-13-11/h1-4,6,8,11H,5,7H2. The van der Waals surface area contributed by atoms with E-state index in [0.29, 0.717) is 5.25 Å². The van der Waals surface area contributed by atoms with Gasteiger partial charge in [-0.05, 0) is 29.0 Å². The lowest BCUT2D eigenvalue weighted by Crippen LogP contribution is -1.99. The Morgan fingerprint density at radius 2 is 2.15 bits per heavy atom. The number of hydrogen-bond donors (Lipinski definition) is 0. The molecule has 0 amide bonds. The van der Waals surface area contributed by atoms with Crippen molar-refractivity contribution in [3.8, 4) is 0 Å². The molecule has 0 bridgehead atoms. The van der Waals surface area contributed by atoms with Gasteiger partial charge in [-0.3, -0.25) is 0 Å². The van der Waals surface area contributed by atoms with Crippen LogP contribution in [-0.4, -0.2) is 5.88 Å². The highest BCUT2D eigenvalue weighted by Crippen LogP contribution is 2.39. The van der Waals surface area contributed by atoms with Crippen LogP contribution in [0.3, 0.4) is 0 Å². The summed E-state index contributed by atoms with van der Waals surface area (Å²) in [6.45, 7) is 0. The van der Waals surface area contributed by atoms with Crippen molar-refractivity contribution < 1.29 is 0 Å². The molecular weight excluding hydrogens is 200 g/mol. The van der Waals surface area contributed by atoms with Gasteiger partial charge in [0.1, 0.15) is 0 Å². The highest BCUT2D eigenvalue weighted by atomic mass is 35.5. The summed E-state index contributed by atoms with van der Waals surface area (Å²) in [7, 11) is 0. The van der Waals surface area contributed by atoms with Crippen LogP contribution >= 0.6 is 23.4 Å². The first-order valence-electron chi connectivity index (χ1n) is 4.38. The summed E-state index contributed by atoms with van der Waals surface area (Å²) in [5.41, 5.74) is 2.77. The molecule has 0 spiro atoms. The summed E-state index contributed by atoms with van der Waals surface area (Å²) in [5.74, 6) is 0.736. The summed E-state index contributed by atoms with van der Waals surface area (Å²) in [4.78, 5) is 0. The number of benzene rings is 1. The predicted octanol–water partition coefficient (Wildman–Crippen LogP) is 4.07. The summed E-state index contributed by atoms with van der Waals surface area (Å²) in [5, 5.41) is 2.72. The molecule has 1 aliphatic heterocycles. The molecule has 1 atom stereocenters. The molecule has 0 saturated heterocycles. The molecule has 0 saturated carbocycles. The summed E-state index contributed by atoms with van der Waals surface area (Å²) < 4.78 is 0. The van der Waals surface area contributed by atoms with E-state index in [4.69, 9.17) is 11.6 Å². The summed E-state index contributed by atoms with van der Waals surface area (Å²) in [6, 6.07) is 8.53. The Bertz CT molecular complexity index is 320. The Labute approximate surface area is 88.0 Å². The first-order valence-corrected chi connectivity index (χ1v) is 5.86. The highest BCUT2D eigenvalue weighted by molar-refractivity contribution is 8.02. The van der Waals surface area contributed by atoms with Gasteiger partial charge in [-0.25, -0.2) is 0 Å². The van der Waals surface area contributed by atoms with Gasteiger partial charge in [0.2, 0.25) is 0 Å². The van der Waals surface area contributed by atoms with E-state index in [0.717, 1.165) is 12.3 Å². The molecule has 13 heavy (non-hydrogen) atoms.